The summed E-state index contributed by atoms with van der Waals surface area (Å²) in [4.78, 5) is 4.13. The van der Waals surface area contributed by atoms with E-state index in [4.69, 9.17) is 11.6 Å². The van der Waals surface area contributed by atoms with E-state index in [0.717, 1.165) is 5.56 Å². The number of nitrogens with zero attached hydrogens (tertiary/aromatic N) is 2. The van der Waals surface area contributed by atoms with Crippen molar-refractivity contribution in [1.29, 1.82) is 0 Å². The maximum Gasteiger partial charge on any atom is 0.203 e. The van der Waals surface area contributed by atoms with Gasteiger partial charge in [0.1, 0.15) is 0 Å². The largest absolute Gasteiger partial charge is 0.203 e. The second-order valence-electron chi connectivity index (χ2n) is 3.65. The first kappa shape index (κ1) is 10.6. The molecule has 1 heterocycles. The van der Waals surface area contributed by atoms with E-state index >= 15 is 0 Å². The van der Waals surface area contributed by atoms with Crippen LogP contribution in [-0.4, -0.2) is 9.36 Å². The Morgan fingerprint density at radius 2 is 1.87 bits per heavy atom. The van der Waals surface area contributed by atoms with Gasteiger partial charge in [-0.25, -0.2) is 4.98 Å². The van der Waals surface area contributed by atoms with E-state index in [1.54, 1.807) is 0 Å². The Morgan fingerprint density at radius 3 is 2.33 bits per heavy atom. The molecular weight excluding hydrogens is 228 g/mol. The smallest absolute Gasteiger partial charge is 0.203 e. The van der Waals surface area contributed by atoms with Crippen molar-refractivity contribution in [3.8, 4) is 11.4 Å². The first-order chi connectivity index (χ1) is 7.16. The molecule has 78 valence electrons. The zero-order valence-corrected chi connectivity index (χ0v) is 10.1. The minimum atomic E-state index is 0.484. The molecule has 0 unspecified atom stereocenters. The highest BCUT2D eigenvalue weighted by molar-refractivity contribution is 7.10. The van der Waals surface area contributed by atoms with E-state index in [0.29, 0.717) is 16.2 Å². The summed E-state index contributed by atoms with van der Waals surface area (Å²) in [5.74, 6) is 1.26. The molecular formula is C11H11ClN2S. The Hall–Kier alpha value is -0.930. The van der Waals surface area contributed by atoms with Gasteiger partial charge in [-0.3, -0.25) is 0 Å². The number of halogens is 1. The lowest BCUT2D eigenvalue weighted by atomic mass is 10.0. The molecule has 15 heavy (non-hydrogen) atoms. The molecule has 0 aliphatic heterocycles. The molecule has 0 aliphatic rings. The van der Waals surface area contributed by atoms with Crippen molar-refractivity contribution in [3.05, 3.63) is 34.3 Å². The molecule has 0 atom stereocenters. The molecule has 0 saturated heterocycles. The minimum Gasteiger partial charge on any atom is -0.203 e. The van der Waals surface area contributed by atoms with Gasteiger partial charge in [-0.15, -0.1) is 0 Å². The number of aromatic nitrogens is 2. The SMILES string of the molecule is CC(C)c1ccc(-c2nsc(Cl)n2)cc1. The molecule has 0 amide bonds. The van der Waals surface area contributed by atoms with Crippen LogP contribution < -0.4 is 0 Å². The zero-order valence-electron chi connectivity index (χ0n) is 8.57. The third-order valence-corrected chi connectivity index (χ3v) is 3.03. The summed E-state index contributed by atoms with van der Waals surface area (Å²) < 4.78 is 4.64. The standard InChI is InChI=1S/C11H11ClN2S/c1-7(2)8-3-5-9(6-4-8)10-13-11(12)15-14-10/h3-7H,1-2H3. The fraction of sp³-hybridized carbons (Fsp3) is 0.273. The van der Waals surface area contributed by atoms with Crippen LogP contribution in [0.2, 0.25) is 4.47 Å². The Morgan fingerprint density at radius 1 is 1.20 bits per heavy atom. The summed E-state index contributed by atoms with van der Waals surface area (Å²) in [7, 11) is 0. The van der Waals surface area contributed by atoms with Gasteiger partial charge in [0.25, 0.3) is 0 Å². The molecule has 1 aromatic carbocycles. The summed E-state index contributed by atoms with van der Waals surface area (Å²) in [5.41, 5.74) is 2.34. The Labute approximate surface area is 98.1 Å². The fourth-order valence-electron chi connectivity index (χ4n) is 1.34. The molecule has 0 N–H and O–H groups in total. The quantitative estimate of drug-likeness (QED) is 0.791. The van der Waals surface area contributed by atoms with Crippen molar-refractivity contribution in [2.24, 2.45) is 0 Å². The molecule has 0 fully saturated rings. The van der Waals surface area contributed by atoms with E-state index in [9.17, 15) is 0 Å². The second kappa shape index (κ2) is 4.29. The lowest BCUT2D eigenvalue weighted by Crippen LogP contribution is -1.87. The first-order valence-electron chi connectivity index (χ1n) is 4.76. The van der Waals surface area contributed by atoms with Gasteiger partial charge in [-0.1, -0.05) is 38.1 Å². The molecule has 2 rings (SSSR count). The number of benzene rings is 1. The summed E-state index contributed by atoms with van der Waals surface area (Å²) in [6.45, 7) is 4.35. The Kier molecular flexibility index (Phi) is 3.03. The molecule has 2 nitrogen and oxygen atoms in total. The minimum absolute atomic E-state index is 0.484. The van der Waals surface area contributed by atoms with Crippen LogP contribution in [0.15, 0.2) is 24.3 Å². The number of rotatable bonds is 2. The average molecular weight is 239 g/mol. The molecule has 2 aromatic rings. The van der Waals surface area contributed by atoms with E-state index in [1.165, 1.54) is 17.1 Å². The van der Waals surface area contributed by atoms with E-state index in [1.807, 2.05) is 12.1 Å². The monoisotopic (exact) mass is 238 g/mol. The predicted octanol–water partition coefficient (Wildman–Crippen LogP) is 3.98. The molecule has 0 aliphatic carbocycles. The highest BCUT2D eigenvalue weighted by Gasteiger charge is 2.05. The molecule has 0 bridgehead atoms. The van der Waals surface area contributed by atoms with Crippen molar-refractivity contribution >= 4 is 23.1 Å². The highest BCUT2D eigenvalue weighted by Crippen LogP contribution is 2.23. The molecule has 0 radical (unpaired) electrons. The third-order valence-electron chi connectivity index (χ3n) is 2.24. The lowest BCUT2D eigenvalue weighted by molar-refractivity contribution is 0.867. The lowest BCUT2D eigenvalue weighted by Gasteiger charge is -2.04. The maximum absolute atomic E-state index is 5.74. The van der Waals surface area contributed by atoms with Crippen LogP contribution in [0.1, 0.15) is 25.3 Å². The van der Waals surface area contributed by atoms with Gasteiger partial charge in [0.05, 0.1) is 0 Å². The molecule has 4 heteroatoms. The van der Waals surface area contributed by atoms with Crippen molar-refractivity contribution < 1.29 is 0 Å². The average Bonchev–Trinajstić information content (AvgIpc) is 2.65. The van der Waals surface area contributed by atoms with Crippen LogP contribution in [0, 0.1) is 0 Å². The predicted molar refractivity (Wildman–Crippen MR) is 64.4 cm³/mol. The van der Waals surface area contributed by atoms with Gasteiger partial charge in [0.2, 0.25) is 4.47 Å². The number of hydrogen-bond acceptors (Lipinski definition) is 3. The van der Waals surface area contributed by atoms with Crippen LogP contribution in [0.5, 0.6) is 0 Å². The van der Waals surface area contributed by atoms with E-state index in [2.05, 4.69) is 35.3 Å². The first-order valence-corrected chi connectivity index (χ1v) is 5.91. The van der Waals surface area contributed by atoms with Gasteiger partial charge in [-0.2, -0.15) is 4.37 Å². The Balaban J connectivity index is 2.31. The topological polar surface area (TPSA) is 25.8 Å². The normalized spacial score (nSPS) is 10.9. The van der Waals surface area contributed by atoms with Crippen LogP contribution in [0.25, 0.3) is 11.4 Å². The van der Waals surface area contributed by atoms with E-state index < -0.39 is 0 Å². The van der Waals surface area contributed by atoms with Gasteiger partial charge in [0, 0.05) is 5.56 Å². The van der Waals surface area contributed by atoms with Crippen molar-refractivity contribution in [1.82, 2.24) is 9.36 Å². The van der Waals surface area contributed by atoms with Crippen molar-refractivity contribution in [3.63, 3.8) is 0 Å². The summed E-state index contributed by atoms with van der Waals surface area (Å²) >= 11 is 6.95. The van der Waals surface area contributed by atoms with Gasteiger partial charge < -0.3 is 0 Å². The Bertz CT molecular complexity index is 448. The van der Waals surface area contributed by atoms with Gasteiger partial charge in [0.15, 0.2) is 5.82 Å². The zero-order chi connectivity index (χ0) is 10.8. The second-order valence-corrected chi connectivity index (χ2v) is 4.98. The number of hydrogen-bond donors (Lipinski definition) is 0. The molecule has 0 saturated carbocycles. The fourth-order valence-corrected chi connectivity index (χ4v) is 1.96. The summed E-state index contributed by atoms with van der Waals surface area (Å²) in [6.07, 6.45) is 0. The van der Waals surface area contributed by atoms with Crippen molar-refractivity contribution in [2.45, 2.75) is 19.8 Å². The highest BCUT2D eigenvalue weighted by atomic mass is 35.5. The van der Waals surface area contributed by atoms with E-state index in [-0.39, 0.29) is 0 Å². The van der Waals surface area contributed by atoms with Crippen LogP contribution in [0.4, 0.5) is 0 Å². The van der Waals surface area contributed by atoms with Gasteiger partial charge >= 0.3 is 0 Å². The van der Waals surface area contributed by atoms with Gasteiger partial charge in [-0.05, 0) is 34.6 Å². The van der Waals surface area contributed by atoms with Crippen LogP contribution in [-0.2, 0) is 0 Å². The summed E-state index contributed by atoms with van der Waals surface area (Å²) in [5, 5.41) is 0. The summed E-state index contributed by atoms with van der Waals surface area (Å²) in [6, 6.07) is 8.28. The van der Waals surface area contributed by atoms with Crippen LogP contribution in [0.3, 0.4) is 0 Å². The van der Waals surface area contributed by atoms with Crippen molar-refractivity contribution in [2.75, 3.05) is 0 Å². The third kappa shape index (κ3) is 2.36. The maximum atomic E-state index is 5.74. The molecule has 0 spiro atoms. The van der Waals surface area contributed by atoms with Crippen LogP contribution >= 0.6 is 23.1 Å². The molecule has 1 aromatic heterocycles.